The number of hydrogen-bond acceptors (Lipinski definition) is 6. The van der Waals surface area contributed by atoms with Crippen LogP contribution in [-0.2, 0) is 29.1 Å². The molecule has 8 heteroatoms. The summed E-state index contributed by atoms with van der Waals surface area (Å²) in [4.78, 5) is 26.3. The molecule has 4 rings (SSSR count). The minimum Gasteiger partial charge on any atom is -0.465 e. The molecule has 3 atom stereocenters. The van der Waals surface area contributed by atoms with Crippen LogP contribution < -0.4 is 0 Å². The maximum Gasteiger partial charge on any atom is 0.327 e. The van der Waals surface area contributed by atoms with Gasteiger partial charge in [0.15, 0.2) is 5.41 Å². The lowest BCUT2D eigenvalue weighted by atomic mass is 9.78. The van der Waals surface area contributed by atoms with Crippen molar-refractivity contribution >= 4 is 22.0 Å². The van der Waals surface area contributed by atoms with Crippen LogP contribution in [0.25, 0.3) is 0 Å². The average Bonchev–Trinajstić information content (AvgIpc) is 3.37. The zero-order valence-corrected chi connectivity index (χ0v) is 19.9. The highest BCUT2D eigenvalue weighted by Gasteiger charge is 2.62. The Balaban J connectivity index is 1.66. The van der Waals surface area contributed by atoms with Crippen molar-refractivity contribution in [3.63, 3.8) is 0 Å². The number of aryl methyl sites for hydroxylation is 1. The van der Waals surface area contributed by atoms with Crippen molar-refractivity contribution in [2.45, 2.75) is 45.4 Å². The van der Waals surface area contributed by atoms with Gasteiger partial charge < -0.3 is 9.47 Å². The molecule has 0 unspecified atom stereocenters. The van der Waals surface area contributed by atoms with E-state index < -0.39 is 27.4 Å². The van der Waals surface area contributed by atoms with Gasteiger partial charge in [-0.05, 0) is 76.0 Å². The van der Waals surface area contributed by atoms with Gasteiger partial charge in [-0.2, -0.15) is 4.31 Å². The summed E-state index contributed by atoms with van der Waals surface area (Å²) in [6.45, 7) is 8.37. The molecule has 174 valence electrons. The second-order valence-electron chi connectivity index (χ2n) is 9.07. The molecule has 7 nitrogen and oxygen atoms in total. The first-order chi connectivity index (χ1) is 15.2. The molecule has 0 aromatic heterocycles. The summed E-state index contributed by atoms with van der Waals surface area (Å²) in [6.07, 6.45) is 1.11. The summed E-state index contributed by atoms with van der Waals surface area (Å²) >= 11 is 0. The molecule has 2 aliphatic carbocycles. The van der Waals surface area contributed by atoms with Crippen molar-refractivity contribution in [3.05, 3.63) is 41.0 Å². The fourth-order valence-electron chi connectivity index (χ4n) is 5.89. The standard InChI is InChI=1S/C24H31NO6S/c1-5-30-22(26)24(23(27)31-6-2)12-17-11-18-13-25(14-20(18)21(17)16(24)4)32(28,29)19-9-7-15(3)8-10-19/h7-10,17-18,20H,5-6,11-14H2,1-4H3/t17-,18-,20+/m1/s1. The topological polar surface area (TPSA) is 90.0 Å². The number of carbonyl (C=O) groups excluding carboxylic acids is 2. The Morgan fingerprint density at radius 3 is 2.19 bits per heavy atom. The molecular formula is C24H31NO6S. The highest BCUT2D eigenvalue weighted by Crippen LogP contribution is 2.59. The minimum atomic E-state index is -3.59. The van der Waals surface area contributed by atoms with Gasteiger partial charge in [0.25, 0.3) is 0 Å². The molecule has 32 heavy (non-hydrogen) atoms. The van der Waals surface area contributed by atoms with Gasteiger partial charge in [-0.25, -0.2) is 8.42 Å². The first kappa shape index (κ1) is 23.0. The number of esters is 2. The number of carbonyl (C=O) groups is 2. The predicted molar refractivity (Wildman–Crippen MR) is 118 cm³/mol. The van der Waals surface area contributed by atoms with Crippen molar-refractivity contribution in [2.75, 3.05) is 26.3 Å². The van der Waals surface area contributed by atoms with E-state index in [9.17, 15) is 18.0 Å². The summed E-state index contributed by atoms with van der Waals surface area (Å²) in [5.41, 5.74) is 1.34. The van der Waals surface area contributed by atoms with E-state index in [1.165, 1.54) is 0 Å². The highest BCUT2D eigenvalue weighted by atomic mass is 32.2. The lowest BCUT2D eigenvalue weighted by Crippen LogP contribution is -2.42. The van der Waals surface area contributed by atoms with Gasteiger partial charge in [0.1, 0.15) is 0 Å². The number of hydrogen-bond donors (Lipinski definition) is 0. The van der Waals surface area contributed by atoms with Crippen LogP contribution in [0.2, 0.25) is 0 Å². The first-order valence-electron chi connectivity index (χ1n) is 11.3. The average molecular weight is 462 g/mol. The zero-order chi connectivity index (χ0) is 23.3. The summed E-state index contributed by atoms with van der Waals surface area (Å²) in [5.74, 6) is -0.852. The van der Waals surface area contributed by atoms with Crippen LogP contribution in [0.4, 0.5) is 0 Å². The van der Waals surface area contributed by atoms with E-state index >= 15 is 0 Å². The Morgan fingerprint density at radius 1 is 1.03 bits per heavy atom. The van der Waals surface area contributed by atoms with Gasteiger partial charge >= 0.3 is 11.9 Å². The van der Waals surface area contributed by atoms with Crippen LogP contribution in [-0.4, -0.2) is 51.0 Å². The summed E-state index contributed by atoms with van der Waals surface area (Å²) < 4.78 is 38.6. The van der Waals surface area contributed by atoms with Crippen LogP contribution in [0, 0.1) is 30.1 Å². The van der Waals surface area contributed by atoms with E-state index in [-0.39, 0.29) is 31.0 Å². The molecule has 1 heterocycles. The van der Waals surface area contributed by atoms with E-state index in [1.807, 2.05) is 13.8 Å². The predicted octanol–water partition coefficient (Wildman–Crippen LogP) is 3.08. The number of benzene rings is 1. The number of ether oxygens (including phenoxy) is 2. The number of sulfonamides is 1. The van der Waals surface area contributed by atoms with Crippen molar-refractivity contribution in [1.82, 2.24) is 4.31 Å². The van der Waals surface area contributed by atoms with E-state index in [4.69, 9.17) is 9.47 Å². The molecule has 0 spiro atoms. The van der Waals surface area contributed by atoms with Gasteiger partial charge in [0, 0.05) is 13.1 Å². The summed E-state index contributed by atoms with van der Waals surface area (Å²) in [5, 5.41) is 0. The molecule has 0 bridgehead atoms. The SMILES string of the molecule is CCOC(=O)C1(C(=O)OCC)C[C@H]2C[C@@H]3CN(S(=O)(=O)c4ccc(C)cc4)C[C@@H]3C2=C1C. The van der Waals surface area contributed by atoms with Crippen LogP contribution >= 0.6 is 0 Å². The maximum absolute atomic E-state index is 13.2. The van der Waals surface area contributed by atoms with Gasteiger partial charge in [0.2, 0.25) is 10.0 Å². The lowest BCUT2D eigenvalue weighted by molar-refractivity contribution is -0.169. The maximum atomic E-state index is 13.2. The Bertz CT molecular complexity index is 1040. The smallest absolute Gasteiger partial charge is 0.327 e. The number of fused-ring (bicyclic) bond motifs is 3. The van der Waals surface area contributed by atoms with E-state index in [2.05, 4.69) is 0 Å². The second-order valence-corrected chi connectivity index (χ2v) is 11.0. The zero-order valence-electron chi connectivity index (χ0n) is 19.1. The molecule has 0 radical (unpaired) electrons. The Morgan fingerprint density at radius 2 is 1.62 bits per heavy atom. The van der Waals surface area contributed by atoms with Crippen molar-refractivity contribution in [2.24, 2.45) is 23.2 Å². The monoisotopic (exact) mass is 461 g/mol. The van der Waals surface area contributed by atoms with Gasteiger partial charge in [-0.15, -0.1) is 0 Å². The summed E-state index contributed by atoms with van der Waals surface area (Å²) in [6, 6.07) is 6.90. The Labute approximate surface area is 189 Å². The van der Waals surface area contributed by atoms with Gasteiger partial charge in [0.05, 0.1) is 18.1 Å². The highest BCUT2D eigenvalue weighted by molar-refractivity contribution is 7.89. The molecule has 1 aromatic carbocycles. The minimum absolute atomic E-state index is 0.00551. The molecule has 3 aliphatic rings. The molecule has 1 saturated carbocycles. The Kier molecular flexibility index (Phi) is 5.96. The van der Waals surface area contributed by atoms with Crippen LogP contribution in [0.3, 0.4) is 0 Å². The number of rotatable bonds is 6. The molecule has 0 N–H and O–H groups in total. The van der Waals surface area contributed by atoms with Crippen molar-refractivity contribution in [3.8, 4) is 0 Å². The fraction of sp³-hybridized carbons (Fsp3) is 0.583. The molecule has 0 amide bonds. The molecule has 2 fully saturated rings. The third-order valence-electron chi connectivity index (χ3n) is 7.37. The van der Waals surface area contributed by atoms with E-state index in [0.29, 0.717) is 30.0 Å². The van der Waals surface area contributed by atoms with Gasteiger partial charge in [-0.3, -0.25) is 9.59 Å². The third kappa shape index (κ3) is 3.39. The normalized spacial score (nSPS) is 26.7. The second kappa shape index (κ2) is 8.30. The third-order valence-corrected chi connectivity index (χ3v) is 9.21. The fourth-order valence-corrected chi connectivity index (χ4v) is 7.41. The molecular weight excluding hydrogens is 430 g/mol. The molecule has 1 aliphatic heterocycles. The molecule has 1 saturated heterocycles. The Hall–Kier alpha value is -2.19. The summed E-state index contributed by atoms with van der Waals surface area (Å²) in [7, 11) is -3.59. The largest absolute Gasteiger partial charge is 0.465 e. The van der Waals surface area contributed by atoms with Crippen LogP contribution in [0.1, 0.15) is 39.2 Å². The lowest BCUT2D eigenvalue weighted by Gasteiger charge is -2.28. The molecule has 1 aromatic rings. The number of nitrogens with zero attached hydrogens (tertiary/aromatic N) is 1. The van der Waals surface area contributed by atoms with Crippen molar-refractivity contribution in [1.29, 1.82) is 0 Å². The van der Waals surface area contributed by atoms with E-state index in [0.717, 1.165) is 17.6 Å². The van der Waals surface area contributed by atoms with Crippen LogP contribution in [0.15, 0.2) is 40.3 Å². The quantitative estimate of drug-likeness (QED) is 0.367. The van der Waals surface area contributed by atoms with E-state index in [1.54, 1.807) is 42.4 Å². The first-order valence-corrected chi connectivity index (χ1v) is 12.7. The van der Waals surface area contributed by atoms with Crippen LogP contribution in [0.5, 0.6) is 0 Å². The van der Waals surface area contributed by atoms with Gasteiger partial charge in [-0.1, -0.05) is 23.3 Å². The van der Waals surface area contributed by atoms with Crippen molar-refractivity contribution < 1.29 is 27.5 Å².